The van der Waals surface area contributed by atoms with Crippen LogP contribution in [0, 0.1) is 17.8 Å². The maximum Gasteiger partial charge on any atom is 0.339 e. The zero-order valence-corrected chi connectivity index (χ0v) is 18.4. The molecule has 0 nitrogen and oxygen atoms in total. The van der Waals surface area contributed by atoms with E-state index in [0.717, 1.165) is 48.3 Å². The summed E-state index contributed by atoms with van der Waals surface area (Å²) in [4.78, 5) is 0. The Balaban J connectivity index is 1.34. The Morgan fingerprint density at radius 2 is 1.39 bits per heavy atom. The van der Waals surface area contributed by atoms with Gasteiger partial charge in [0, 0.05) is 5.57 Å². The van der Waals surface area contributed by atoms with Gasteiger partial charge in [-0.25, -0.2) is 0 Å². The van der Waals surface area contributed by atoms with Crippen LogP contribution in [0.15, 0.2) is 42.5 Å². The summed E-state index contributed by atoms with van der Waals surface area (Å²) in [6.07, 6.45) is 15.4. The Kier molecular flexibility index (Phi) is 6.65. The van der Waals surface area contributed by atoms with E-state index in [2.05, 4.69) is 6.92 Å². The van der Waals surface area contributed by atoms with Crippen molar-refractivity contribution in [2.24, 2.45) is 17.8 Å². The molecule has 4 heteroatoms. The van der Waals surface area contributed by atoms with Gasteiger partial charge in [-0.15, -0.1) is 0 Å². The van der Waals surface area contributed by atoms with E-state index >= 15 is 0 Å². The van der Waals surface area contributed by atoms with E-state index in [4.69, 9.17) is 0 Å². The van der Waals surface area contributed by atoms with Crippen molar-refractivity contribution >= 4 is 5.57 Å². The lowest BCUT2D eigenvalue weighted by molar-refractivity contribution is -0.140. The molecule has 0 saturated heterocycles. The highest BCUT2D eigenvalue weighted by molar-refractivity contribution is 5.75. The van der Waals surface area contributed by atoms with Crippen molar-refractivity contribution in [1.29, 1.82) is 0 Å². The van der Waals surface area contributed by atoms with Crippen LogP contribution in [0.25, 0.3) is 5.57 Å². The van der Waals surface area contributed by atoms with Gasteiger partial charge in [0.25, 0.3) is 0 Å². The molecule has 0 atom stereocenters. The molecule has 0 amide bonds. The van der Waals surface area contributed by atoms with Gasteiger partial charge in [-0.05, 0) is 79.4 Å². The van der Waals surface area contributed by atoms with E-state index in [1.54, 1.807) is 12.1 Å². The standard InChI is InChI=1S/C27H34F4/c1-2-4-19-6-8-20(9-7-19)21-10-12-22(13-11-21)23-14-16-24(17-15-23)25-5-3-18-26(28,29)27(25,30)31/h3,5,14-22H,2,4,6-13H2,1H3. The van der Waals surface area contributed by atoms with E-state index in [9.17, 15) is 17.6 Å². The fourth-order valence-electron chi connectivity index (χ4n) is 6.15. The molecule has 3 aliphatic rings. The van der Waals surface area contributed by atoms with E-state index < -0.39 is 17.4 Å². The summed E-state index contributed by atoms with van der Waals surface area (Å²) < 4.78 is 55.7. The second-order valence-corrected chi connectivity index (χ2v) is 9.94. The molecule has 0 N–H and O–H groups in total. The van der Waals surface area contributed by atoms with Gasteiger partial charge in [-0.2, -0.15) is 17.6 Å². The van der Waals surface area contributed by atoms with Crippen LogP contribution in [-0.4, -0.2) is 11.8 Å². The van der Waals surface area contributed by atoms with Crippen molar-refractivity contribution in [3.05, 3.63) is 53.6 Å². The molecule has 31 heavy (non-hydrogen) atoms. The van der Waals surface area contributed by atoms with Gasteiger partial charge in [-0.1, -0.05) is 69.0 Å². The topological polar surface area (TPSA) is 0 Å². The summed E-state index contributed by atoms with van der Waals surface area (Å²) >= 11 is 0. The molecule has 0 heterocycles. The minimum atomic E-state index is -4.18. The normalized spacial score (nSPS) is 32.5. The molecule has 2 fully saturated rings. The smallest absolute Gasteiger partial charge is 0.195 e. The number of hydrogen-bond acceptors (Lipinski definition) is 0. The maximum absolute atomic E-state index is 14.2. The number of halogens is 4. The highest BCUT2D eigenvalue weighted by atomic mass is 19.3. The summed E-state index contributed by atoms with van der Waals surface area (Å²) in [7, 11) is 0. The lowest BCUT2D eigenvalue weighted by Gasteiger charge is -2.38. The van der Waals surface area contributed by atoms with Gasteiger partial charge in [0.05, 0.1) is 0 Å². The van der Waals surface area contributed by atoms with Gasteiger partial charge in [0.2, 0.25) is 0 Å². The maximum atomic E-state index is 14.2. The molecular weight excluding hydrogens is 400 g/mol. The monoisotopic (exact) mass is 434 g/mol. The summed E-state index contributed by atoms with van der Waals surface area (Å²) in [5.41, 5.74) is 0.722. The molecule has 0 aliphatic heterocycles. The van der Waals surface area contributed by atoms with Crippen molar-refractivity contribution in [3.63, 3.8) is 0 Å². The third kappa shape index (κ3) is 4.64. The Morgan fingerprint density at radius 1 is 0.806 bits per heavy atom. The number of alkyl halides is 4. The van der Waals surface area contributed by atoms with Crippen LogP contribution >= 0.6 is 0 Å². The van der Waals surface area contributed by atoms with Crippen LogP contribution in [0.5, 0.6) is 0 Å². The molecule has 0 bridgehead atoms. The minimum absolute atomic E-state index is 0.176. The highest BCUT2D eigenvalue weighted by Crippen LogP contribution is 2.48. The first kappa shape index (κ1) is 22.6. The van der Waals surface area contributed by atoms with Crippen LogP contribution in [0.3, 0.4) is 0 Å². The van der Waals surface area contributed by atoms with Crippen molar-refractivity contribution < 1.29 is 17.6 Å². The number of rotatable bonds is 5. The second kappa shape index (κ2) is 9.11. The summed E-state index contributed by atoms with van der Waals surface area (Å²) in [5, 5.41) is 0. The zero-order chi connectivity index (χ0) is 22.1. The van der Waals surface area contributed by atoms with Crippen LogP contribution in [0.4, 0.5) is 17.6 Å². The largest absolute Gasteiger partial charge is 0.339 e. The van der Waals surface area contributed by atoms with E-state index in [0.29, 0.717) is 5.92 Å². The van der Waals surface area contributed by atoms with Crippen LogP contribution in [0.2, 0.25) is 0 Å². The third-order valence-electron chi connectivity index (χ3n) is 8.05. The first-order valence-electron chi connectivity index (χ1n) is 12.1. The summed E-state index contributed by atoms with van der Waals surface area (Å²) in [5.74, 6) is -5.23. The second-order valence-electron chi connectivity index (χ2n) is 9.94. The molecule has 2 saturated carbocycles. The average Bonchev–Trinajstić information content (AvgIpc) is 2.77. The Hall–Kier alpha value is -1.58. The van der Waals surface area contributed by atoms with Gasteiger partial charge in [0.1, 0.15) is 0 Å². The predicted molar refractivity (Wildman–Crippen MR) is 119 cm³/mol. The quantitative estimate of drug-likeness (QED) is 0.406. The molecule has 0 aromatic heterocycles. The fraction of sp³-hybridized carbons (Fsp3) is 0.630. The highest BCUT2D eigenvalue weighted by Gasteiger charge is 2.58. The fourth-order valence-corrected chi connectivity index (χ4v) is 6.15. The Labute approximate surface area is 183 Å². The van der Waals surface area contributed by atoms with Crippen LogP contribution in [-0.2, 0) is 0 Å². The summed E-state index contributed by atoms with van der Waals surface area (Å²) in [6.45, 7) is 2.28. The molecule has 0 unspecified atom stereocenters. The van der Waals surface area contributed by atoms with E-state index in [1.807, 2.05) is 12.1 Å². The molecule has 1 aromatic carbocycles. The average molecular weight is 435 g/mol. The summed E-state index contributed by atoms with van der Waals surface area (Å²) in [6, 6.07) is 6.91. The predicted octanol–water partition coefficient (Wildman–Crippen LogP) is 8.79. The molecule has 0 radical (unpaired) electrons. The molecule has 1 aromatic rings. The molecule has 3 aliphatic carbocycles. The zero-order valence-electron chi connectivity index (χ0n) is 18.4. The molecule has 0 spiro atoms. The minimum Gasteiger partial charge on any atom is -0.195 e. The molecule has 170 valence electrons. The molecule has 4 rings (SSSR count). The van der Waals surface area contributed by atoms with E-state index in [1.165, 1.54) is 51.4 Å². The van der Waals surface area contributed by atoms with Gasteiger partial charge < -0.3 is 0 Å². The number of benzene rings is 1. The van der Waals surface area contributed by atoms with Crippen LogP contribution < -0.4 is 0 Å². The number of allylic oxidation sites excluding steroid dienone is 4. The van der Waals surface area contributed by atoms with Crippen molar-refractivity contribution in [2.75, 3.05) is 0 Å². The van der Waals surface area contributed by atoms with Gasteiger partial charge in [-0.3, -0.25) is 0 Å². The van der Waals surface area contributed by atoms with Gasteiger partial charge >= 0.3 is 11.8 Å². The van der Waals surface area contributed by atoms with E-state index in [-0.39, 0.29) is 11.6 Å². The third-order valence-corrected chi connectivity index (χ3v) is 8.05. The first-order chi connectivity index (χ1) is 14.8. The Morgan fingerprint density at radius 3 is 1.97 bits per heavy atom. The van der Waals surface area contributed by atoms with Crippen molar-refractivity contribution in [1.82, 2.24) is 0 Å². The van der Waals surface area contributed by atoms with Crippen molar-refractivity contribution in [2.45, 2.75) is 88.9 Å². The number of hydrogen-bond donors (Lipinski definition) is 0. The first-order valence-corrected chi connectivity index (χ1v) is 12.1. The molecular formula is C27H34F4. The van der Waals surface area contributed by atoms with Crippen LogP contribution in [0.1, 0.15) is 88.2 Å². The Bertz CT molecular complexity index is 789. The lowest BCUT2D eigenvalue weighted by Crippen LogP contribution is -2.41. The van der Waals surface area contributed by atoms with Crippen molar-refractivity contribution in [3.8, 4) is 0 Å². The lowest BCUT2D eigenvalue weighted by atomic mass is 9.68. The SMILES string of the molecule is CCCC1CCC(C2CCC(c3ccc(C4=CC=CC(F)(F)C4(F)F)cc3)CC2)CC1. The van der Waals surface area contributed by atoms with Gasteiger partial charge in [0.15, 0.2) is 0 Å².